The summed E-state index contributed by atoms with van der Waals surface area (Å²) in [5.74, 6) is -1.24. The van der Waals surface area contributed by atoms with Crippen molar-refractivity contribution in [3.8, 4) is 0 Å². The number of thiocarbonyl (C=S) groups is 1. The van der Waals surface area contributed by atoms with E-state index in [9.17, 15) is 14.0 Å². The minimum absolute atomic E-state index is 0.153. The summed E-state index contributed by atoms with van der Waals surface area (Å²) in [6.45, 7) is 0.232. The van der Waals surface area contributed by atoms with E-state index in [1.807, 2.05) is 41.1 Å². The second kappa shape index (κ2) is 8.08. The molecule has 1 aromatic heterocycles. The molecule has 0 saturated carbocycles. The SMILES string of the molecule is COC(=O)CN1C(=O)/C(=C/c2cn(Cc3cccc(F)c3)c3ccccc23)NC1=S. The number of carbonyl (C=O) groups is 2. The molecule has 0 aliphatic carbocycles. The van der Waals surface area contributed by atoms with Gasteiger partial charge in [0.2, 0.25) is 0 Å². The average molecular weight is 423 g/mol. The summed E-state index contributed by atoms with van der Waals surface area (Å²) >= 11 is 5.18. The van der Waals surface area contributed by atoms with E-state index in [2.05, 4.69) is 10.1 Å². The van der Waals surface area contributed by atoms with Gasteiger partial charge in [-0.2, -0.15) is 0 Å². The molecule has 6 nitrogen and oxygen atoms in total. The zero-order chi connectivity index (χ0) is 21.3. The van der Waals surface area contributed by atoms with Gasteiger partial charge in [-0.05, 0) is 42.1 Å². The Morgan fingerprint density at radius 3 is 2.80 bits per heavy atom. The largest absolute Gasteiger partial charge is 0.468 e. The number of rotatable bonds is 5. The summed E-state index contributed by atoms with van der Waals surface area (Å²) in [5.41, 5.74) is 2.86. The summed E-state index contributed by atoms with van der Waals surface area (Å²) in [6, 6.07) is 14.2. The standard InChI is InChI=1S/C22H18FN3O3S/c1-29-20(27)13-26-21(28)18(24-22(26)30)10-15-12-25(19-8-3-2-7-17(15)19)11-14-5-4-6-16(23)9-14/h2-10,12H,11,13H2,1H3,(H,24,30)/b18-10-. The Labute approximate surface area is 177 Å². The fourth-order valence-corrected chi connectivity index (χ4v) is 3.67. The molecule has 1 saturated heterocycles. The molecule has 8 heteroatoms. The number of aromatic nitrogens is 1. The second-order valence-corrected chi connectivity index (χ2v) is 7.20. The normalized spacial score (nSPS) is 15.1. The lowest BCUT2D eigenvalue weighted by Gasteiger charge is -2.11. The number of methoxy groups -OCH3 is 1. The van der Waals surface area contributed by atoms with Gasteiger partial charge in [0.05, 0.1) is 7.11 Å². The van der Waals surface area contributed by atoms with Crippen LogP contribution in [-0.4, -0.2) is 40.1 Å². The molecule has 3 aromatic rings. The zero-order valence-corrected chi connectivity index (χ0v) is 16.9. The number of benzene rings is 2. The highest BCUT2D eigenvalue weighted by molar-refractivity contribution is 7.80. The smallest absolute Gasteiger partial charge is 0.325 e. The van der Waals surface area contributed by atoms with Crippen LogP contribution in [0.2, 0.25) is 0 Å². The number of halogens is 1. The summed E-state index contributed by atoms with van der Waals surface area (Å²) in [5, 5.41) is 3.96. The molecule has 1 fully saturated rings. The number of fused-ring (bicyclic) bond motifs is 1. The number of nitrogens with zero attached hydrogens (tertiary/aromatic N) is 2. The quantitative estimate of drug-likeness (QED) is 0.388. The first-order valence-corrected chi connectivity index (χ1v) is 9.61. The molecule has 0 spiro atoms. The number of ether oxygens (including phenoxy) is 1. The van der Waals surface area contributed by atoms with Crippen molar-refractivity contribution in [2.75, 3.05) is 13.7 Å². The Bertz CT molecular complexity index is 1200. The molecule has 1 aliphatic rings. The van der Waals surface area contributed by atoms with Crippen molar-refractivity contribution in [1.82, 2.24) is 14.8 Å². The van der Waals surface area contributed by atoms with E-state index in [1.54, 1.807) is 12.1 Å². The molecule has 0 radical (unpaired) electrons. The Balaban J connectivity index is 1.69. The third kappa shape index (κ3) is 3.81. The Morgan fingerprint density at radius 1 is 1.23 bits per heavy atom. The molecule has 1 amide bonds. The monoisotopic (exact) mass is 423 g/mol. The summed E-state index contributed by atoms with van der Waals surface area (Å²) in [6.07, 6.45) is 3.61. The average Bonchev–Trinajstić information content (AvgIpc) is 3.20. The van der Waals surface area contributed by atoms with Crippen LogP contribution in [-0.2, 0) is 20.9 Å². The van der Waals surface area contributed by atoms with Crippen molar-refractivity contribution in [3.63, 3.8) is 0 Å². The highest BCUT2D eigenvalue weighted by Gasteiger charge is 2.32. The van der Waals surface area contributed by atoms with E-state index in [4.69, 9.17) is 12.2 Å². The molecule has 0 atom stereocenters. The predicted molar refractivity (Wildman–Crippen MR) is 115 cm³/mol. The molecule has 30 heavy (non-hydrogen) atoms. The third-order valence-electron chi connectivity index (χ3n) is 4.84. The van der Waals surface area contributed by atoms with Crippen LogP contribution in [0.4, 0.5) is 4.39 Å². The Morgan fingerprint density at radius 2 is 2.03 bits per heavy atom. The number of hydrogen-bond donors (Lipinski definition) is 1. The zero-order valence-electron chi connectivity index (χ0n) is 16.1. The number of para-hydroxylation sites is 1. The van der Waals surface area contributed by atoms with Gasteiger partial charge in [0.25, 0.3) is 5.91 Å². The topological polar surface area (TPSA) is 63.6 Å². The van der Waals surface area contributed by atoms with Gasteiger partial charge in [-0.15, -0.1) is 0 Å². The van der Waals surface area contributed by atoms with Crippen LogP contribution in [0.15, 0.2) is 60.4 Å². The summed E-state index contributed by atoms with van der Waals surface area (Å²) in [7, 11) is 1.25. The lowest BCUT2D eigenvalue weighted by atomic mass is 10.1. The summed E-state index contributed by atoms with van der Waals surface area (Å²) < 4.78 is 20.2. The minimum atomic E-state index is -0.555. The molecule has 152 valence electrons. The molecule has 1 aliphatic heterocycles. The number of esters is 1. The third-order valence-corrected chi connectivity index (χ3v) is 5.16. The molecule has 2 aromatic carbocycles. The predicted octanol–water partition coefficient (Wildman–Crippen LogP) is 3.06. The number of nitrogens with one attached hydrogen (secondary N) is 1. The van der Waals surface area contributed by atoms with Gasteiger partial charge in [0, 0.05) is 29.2 Å². The summed E-state index contributed by atoms with van der Waals surface area (Å²) in [4.78, 5) is 25.4. The van der Waals surface area contributed by atoms with E-state index < -0.39 is 11.9 Å². The van der Waals surface area contributed by atoms with Crippen LogP contribution in [0, 0.1) is 5.82 Å². The van der Waals surface area contributed by atoms with Crippen LogP contribution in [0.3, 0.4) is 0 Å². The maximum absolute atomic E-state index is 13.6. The van der Waals surface area contributed by atoms with Crippen molar-refractivity contribution < 1.29 is 18.7 Å². The molecule has 4 rings (SSSR count). The van der Waals surface area contributed by atoms with Crippen molar-refractivity contribution >= 4 is 46.2 Å². The van der Waals surface area contributed by atoms with Crippen LogP contribution < -0.4 is 5.32 Å². The second-order valence-electron chi connectivity index (χ2n) is 6.82. The van der Waals surface area contributed by atoms with Gasteiger partial charge >= 0.3 is 5.97 Å². The number of hydrogen-bond acceptors (Lipinski definition) is 4. The molecule has 1 N–H and O–H groups in total. The van der Waals surface area contributed by atoms with Gasteiger partial charge in [-0.3, -0.25) is 14.5 Å². The molecule has 0 unspecified atom stereocenters. The maximum atomic E-state index is 13.6. The minimum Gasteiger partial charge on any atom is -0.468 e. The Hall–Kier alpha value is -3.52. The first kappa shape index (κ1) is 19.8. The van der Waals surface area contributed by atoms with Crippen molar-refractivity contribution in [1.29, 1.82) is 0 Å². The lowest BCUT2D eigenvalue weighted by Crippen LogP contribution is -2.35. The van der Waals surface area contributed by atoms with E-state index in [1.165, 1.54) is 24.1 Å². The van der Waals surface area contributed by atoms with Crippen molar-refractivity contribution in [3.05, 3.63) is 77.4 Å². The van der Waals surface area contributed by atoms with Crippen LogP contribution >= 0.6 is 12.2 Å². The van der Waals surface area contributed by atoms with Crippen LogP contribution in [0.25, 0.3) is 17.0 Å². The van der Waals surface area contributed by atoms with Gasteiger partial charge in [-0.25, -0.2) is 4.39 Å². The van der Waals surface area contributed by atoms with Crippen LogP contribution in [0.5, 0.6) is 0 Å². The highest BCUT2D eigenvalue weighted by atomic mass is 32.1. The highest BCUT2D eigenvalue weighted by Crippen LogP contribution is 2.25. The molecular weight excluding hydrogens is 405 g/mol. The van der Waals surface area contributed by atoms with Crippen LogP contribution in [0.1, 0.15) is 11.1 Å². The molecular formula is C22H18FN3O3S. The van der Waals surface area contributed by atoms with E-state index in [0.29, 0.717) is 6.54 Å². The fourth-order valence-electron chi connectivity index (χ4n) is 3.42. The van der Waals surface area contributed by atoms with E-state index >= 15 is 0 Å². The maximum Gasteiger partial charge on any atom is 0.325 e. The Kier molecular flexibility index (Phi) is 5.33. The van der Waals surface area contributed by atoms with Gasteiger partial charge in [0.1, 0.15) is 18.1 Å². The van der Waals surface area contributed by atoms with Gasteiger partial charge in [0.15, 0.2) is 5.11 Å². The fraction of sp³-hybridized carbons (Fsp3) is 0.136. The van der Waals surface area contributed by atoms with Crippen molar-refractivity contribution in [2.24, 2.45) is 0 Å². The van der Waals surface area contributed by atoms with E-state index in [-0.39, 0.29) is 23.2 Å². The number of carbonyl (C=O) groups excluding carboxylic acids is 2. The number of amides is 1. The van der Waals surface area contributed by atoms with Gasteiger partial charge < -0.3 is 14.6 Å². The lowest BCUT2D eigenvalue weighted by molar-refractivity contribution is -0.143. The molecule has 0 bridgehead atoms. The van der Waals surface area contributed by atoms with E-state index in [0.717, 1.165) is 22.0 Å². The molecule has 2 heterocycles. The van der Waals surface area contributed by atoms with Gasteiger partial charge in [-0.1, -0.05) is 30.3 Å². The first-order chi connectivity index (χ1) is 14.5. The first-order valence-electron chi connectivity index (χ1n) is 9.20. The van der Waals surface area contributed by atoms with Crippen molar-refractivity contribution in [2.45, 2.75) is 6.54 Å².